The molecule has 0 saturated heterocycles. The first kappa shape index (κ1) is 15.8. The molecule has 0 bridgehead atoms. The van der Waals surface area contributed by atoms with E-state index in [0.717, 1.165) is 5.56 Å². The Bertz CT molecular complexity index is 1030. The van der Waals surface area contributed by atoms with E-state index < -0.39 is 9.84 Å². The summed E-state index contributed by atoms with van der Waals surface area (Å²) in [5.74, 6) is 0.214. The molecule has 0 amide bonds. The molecule has 0 aliphatic rings. The van der Waals surface area contributed by atoms with Gasteiger partial charge in [-0.3, -0.25) is 0 Å². The Morgan fingerprint density at radius 2 is 1.58 bits per heavy atom. The zero-order valence-electron chi connectivity index (χ0n) is 12.8. The van der Waals surface area contributed by atoms with E-state index in [-0.39, 0.29) is 21.2 Å². The third kappa shape index (κ3) is 2.64. The number of nitriles is 1. The first-order chi connectivity index (χ1) is 11.4. The summed E-state index contributed by atoms with van der Waals surface area (Å²) < 4.78 is 26.6. The number of nitrogen functional groups attached to an aromatic ring is 1. The zero-order chi connectivity index (χ0) is 17.3. The lowest BCUT2D eigenvalue weighted by Gasteiger charge is -2.08. The third-order valence-electron chi connectivity index (χ3n) is 3.65. The van der Waals surface area contributed by atoms with Crippen molar-refractivity contribution in [2.45, 2.75) is 16.7 Å². The molecule has 0 unspecified atom stereocenters. The molecule has 0 saturated carbocycles. The second kappa shape index (κ2) is 5.83. The lowest BCUT2D eigenvalue weighted by Crippen LogP contribution is -2.05. The second-order valence-electron chi connectivity index (χ2n) is 5.28. The van der Waals surface area contributed by atoms with Gasteiger partial charge >= 0.3 is 0 Å². The van der Waals surface area contributed by atoms with E-state index >= 15 is 0 Å². The smallest absolute Gasteiger partial charge is 0.206 e. The number of nitrogens with two attached hydrogens (primary N) is 1. The van der Waals surface area contributed by atoms with Crippen LogP contribution in [0.15, 0.2) is 64.5 Å². The fraction of sp³-hybridized carbons (Fsp3) is 0.0588. The van der Waals surface area contributed by atoms with Gasteiger partial charge in [0.1, 0.15) is 17.5 Å². The van der Waals surface area contributed by atoms with Crippen LogP contribution in [-0.4, -0.2) is 18.2 Å². The van der Waals surface area contributed by atoms with Crippen molar-refractivity contribution < 1.29 is 8.42 Å². The Balaban J connectivity index is 1.99. The number of hydrogen-bond donors (Lipinski definition) is 1. The molecule has 24 heavy (non-hydrogen) atoms. The van der Waals surface area contributed by atoms with Gasteiger partial charge in [-0.1, -0.05) is 17.7 Å². The van der Waals surface area contributed by atoms with Gasteiger partial charge in [-0.05, 0) is 43.3 Å². The standard InChI is InChI=1S/C17H14N4O2S/c1-12-2-6-15(7-3-12)24(22,23)16-8-4-14(5-9-16)21-17(19)13(10-18)11-20-21/h2-9,11H,19H2,1H3. The topological polar surface area (TPSA) is 102 Å². The number of rotatable bonds is 3. The molecule has 0 fully saturated rings. The Labute approximate surface area is 139 Å². The predicted molar refractivity (Wildman–Crippen MR) is 89.3 cm³/mol. The van der Waals surface area contributed by atoms with Gasteiger partial charge < -0.3 is 5.73 Å². The molecule has 2 N–H and O–H groups in total. The highest BCUT2D eigenvalue weighted by molar-refractivity contribution is 7.91. The van der Waals surface area contributed by atoms with E-state index in [1.165, 1.54) is 23.0 Å². The molecule has 2 aromatic carbocycles. The molecule has 3 aromatic rings. The molecule has 0 aliphatic carbocycles. The number of hydrogen-bond acceptors (Lipinski definition) is 5. The van der Waals surface area contributed by atoms with Gasteiger partial charge in [-0.25, -0.2) is 13.1 Å². The van der Waals surface area contributed by atoms with Gasteiger partial charge in [0.2, 0.25) is 9.84 Å². The van der Waals surface area contributed by atoms with E-state index in [2.05, 4.69) is 5.10 Å². The molecule has 3 rings (SSSR count). The highest BCUT2D eigenvalue weighted by Crippen LogP contribution is 2.23. The van der Waals surface area contributed by atoms with E-state index in [0.29, 0.717) is 5.69 Å². The van der Waals surface area contributed by atoms with Crippen molar-refractivity contribution in [1.82, 2.24) is 9.78 Å². The van der Waals surface area contributed by atoms with Gasteiger partial charge in [-0.2, -0.15) is 10.4 Å². The fourth-order valence-electron chi connectivity index (χ4n) is 2.27. The number of anilines is 1. The Kier molecular flexibility index (Phi) is 3.83. The Morgan fingerprint density at radius 1 is 1.04 bits per heavy atom. The monoisotopic (exact) mass is 338 g/mol. The highest BCUT2D eigenvalue weighted by atomic mass is 32.2. The summed E-state index contributed by atoms with van der Waals surface area (Å²) in [6.07, 6.45) is 1.37. The van der Waals surface area contributed by atoms with Crippen LogP contribution in [0.3, 0.4) is 0 Å². The van der Waals surface area contributed by atoms with Crippen LogP contribution in [0.4, 0.5) is 5.82 Å². The third-order valence-corrected chi connectivity index (χ3v) is 5.44. The summed E-state index contributed by atoms with van der Waals surface area (Å²) in [6.45, 7) is 1.90. The molecule has 120 valence electrons. The molecule has 0 aliphatic heterocycles. The van der Waals surface area contributed by atoms with Crippen molar-refractivity contribution in [1.29, 1.82) is 5.26 Å². The minimum Gasteiger partial charge on any atom is -0.382 e. The van der Waals surface area contributed by atoms with Crippen molar-refractivity contribution in [2.24, 2.45) is 0 Å². The molecule has 0 radical (unpaired) electrons. The van der Waals surface area contributed by atoms with Crippen LogP contribution in [-0.2, 0) is 9.84 Å². The SMILES string of the molecule is Cc1ccc(S(=O)(=O)c2ccc(-n3ncc(C#N)c3N)cc2)cc1. The molecular weight excluding hydrogens is 324 g/mol. The lowest BCUT2D eigenvalue weighted by molar-refractivity contribution is 0.596. The van der Waals surface area contributed by atoms with Crippen molar-refractivity contribution >= 4 is 15.7 Å². The second-order valence-corrected chi connectivity index (χ2v) is 7.23. The Morgan fingerprint density at radius 3 is 2.08 bits per heavy atom. The molecule has 1 heterocycles. The van der Waals surface area contributed by atoms with E-state index in [9.17, 15) is 8.42 Å². The first-order valence-corrected chi connectivity index (χ1v) is 8.57. The van der Waals surface area contributed by atoms with Crippen LogP contribution in [0.5, 0.6) is 0 Å². The van der Waals surface area contributed by atoms with E-state index in [1.807, 2.05) is 13.0 Å². The first-order valence-electron chi connectivity index (χ1n) is 7.09. The summed E-state index contributed by atoms with van der Waals surface area (Å²) in [4.78, 5) is 0.424. The molecule has 0 spiro atoms. The lowest BCUT2D eigenvalue weighted by atomic mass is 10.2. The summed E-state index contributed by atoms with van der Waals surface area (Å²) in [7, 11) is -3.58. The predicted octanol–water partition coefficient (Wildman–Crippen LogP) is 2.47. The molecule has 1 aromatic heterocycles. The molecule has 0 atom stereocenters. The van der Waals surface area contributed by atoms with Crippen molar-refractivity contribution in [3.63, 3.8) is 0 Å². The minimum atomic E-state index is -3.58. The number of aromatic nitrogens is 2. The average molecular weight is 338 g/mol. The molecule has 6 nitrogen and oxygen atoms in total. The molecular formula is C17H14N4O2S. The number of sulfone groups is 1. The van der Waals surface area contributed by atoms with Crippen LogP contribution in [0.1, 0.15) is 11.1 Å². The minimum absolute atomic E-state index is 0.182. The van der Waals surface area contributed by atoms with Gasteiger partial charge in [-0.15, -0.1) is 0 Å². The van der Waals surface area contributed by atoms with Crippen LogP contribution in [0.25, 0.3) is 5.69 Å². The van der Waals surface area contributed by atoms with Gasteiger partial charge in [0.05, 0.1) is 21.7 Å². The molecule has 7 heteroatoms. The van der Waals surface area contributed by atoms with Crippen LogP contribution in [0, 0.1) is 18.3 Å². The van der Waals surface area contributed by atoms with E-state index in [4.69, 9.17) is 11.0 Å². The highest BCUT2D eigenvalue weighted by Gasteiger charge is 2.18. The number of benzene rings is 2. The van der Waals surface area contributed by atoms with Crippen molar-refractivity contribution in [3.8, 4) is 11.8 Å². The maximum Gasteiger partial charge on any atom is 0.206 e. The van der Waals surface area contributed by atoms with Crippen LogP contribution >= 0.6 is 0 Å². The van der Waals surface area contributed by atoms with Crippen molar-refractivity contribution in [2.75, 3.05) is 5.73 Å². The Hall–Kier alpha value is -3.11. The van der Waals surface area contributed by atoms with Gasteiger partial charge in [0.15, 0.2) is 0 Å². The summed E-state index contributed by atoms with van der Waals surface area (Å²) in [5.41, 5.74) is 7.68. The quantitative estimate of drug-likeness (QED) is 0.790. The van der Waals surface area contributed by atoms with Crippen LogP contribution < -0.4 is 5.73 Å². The largest absolute Gasteiger partial charge is 0.382 e. The maximum atomic E-state index is 12.6. The summed E-state index contributed by atoms with van der Waals surface area (Å²) in [5, 5.41) is 12.9. The number of nitrogens with zero attached hydrogens (tertiary/aromatic N) is 3. The zero-order valence-corrected chi connectivity index (χ0v) is 13.7. The average Bonchev–Trinajstić information content (AvgIpc) is 2.96. The van der Waals surface area contributed by atoms with Crippen molar-refractivity contribution in [3.05, 3.63) is 65.9 Å². The van der Waals surface area contributed by atoms with E-state index in [1.54, 1.807) is 36.4 Å². The fourth-order valence-corrected chi connectivity index (χ4v) is 3.53. The van der Waals surface area contributed by atoms with Crippen LogP contribution in [0.2, 0.25) is 0 Å². The normalized spacial score (nSPS) is 11.2. The van der Waals surface area contributed by atoms with Gasteiger partial charge in [0, 0.05) is 0 Å². The van der Waals surface area contributed by atoms with Gasteiger partial charge in [0.25, 0.3) is 0 Å². The summed E-state index contributed by atoms with van der Waals surface area (Å²) in [6, 6.07) is 14.8. The summed E-state index contributed by atoms with van der Waals surface area (Å²) >= 11 is 0. The maximum absolute atomic E-state index is 12.6. The number of aryl methyl sites for hydroxylation is 1.